The average molecular weight is 255 g/mol. The van der Waals surface area contributed by atoms with E-state index in [1.807, 2.05) is 0 Å². The third-order valence-corrected chi connectivity index (χ3v) is 2.78. The molecule has 0 atom stereocenters. The van der Waals surface area contributed by atoms with Crippen molar-refractivity contribution in [3.63, 3.8) is 0 Å². The first-order valence-corrected chi connectivity index (χ1v) is 6.36. The molecule has 0 radical (unpaired) electrons. The fourth-order valence-electron chi connectivity index (χ4n) is 1.57. The second kappa shape index (κ2) is 7.17. The van der Waals surface area contributed by atoms with Crippen molar-refractivity contribution >= 4 is 28.9 Å². The lowest BCUT2D eigenvalue weighted by Gasteiger charge is -2.08. The van der Waals surface area contributed by atoms with Crippen molar-refractivity contribution < 1.29 is 4.79 Å². The maximum absolute atomic E-state index is 11.6. The zero-order valence-corrected chi connectivity index (χ0v) is 10.9. The van der Waals surface area contributed by atoms with Crippen LogP contribution in [0.2, 0.25) is 5.02 Å². The highest BCUT2D eigenvalue weighted by atomic mass is 35.5. The highest BCUT2D eigenvalue weighted by molar-refractivity contribution is 6.31. The minimum Gasteiger partial charge on any atom is -0.397 e. The molecule has 1 rings (SSSR count). The second-order valence-corrected chi connectivity index (χ2v) is 4.53. The number of amides is 1. The Balaban J connectivity index is 2.40. The van der Waals surface area contributed by atoms with Gasteiger partial charge in [-0.3, -0.25) is 4.79 Å². The number of nitrogens with one attached hydrogen (secondary N) is 1. The first-order valence-electron chi connectivity index (χ1n) is 5.98. The summed E-state index contributed by atoms with van der Waals surface area (Å²) in [4.78, 5) is 11.6. The molecule has 0 spiro atoms. The molecule has 0 fully saturated rings. The summed E-state index contributed by atoms with van der Waals surface area (Å²) in [5, 5.41) is 3.36. The summed E-state index contributed by atoms with van der Waals surface area (Å²) in [7, 11) is 0. The summed E-state index contributed by atoms with van der Waals surface area (Å²) in [5.74, 6) is 0.00938. The van der Waals surface area contributed by atoms with Gasteiger partial charge in [0.2, 0.25) is 5.91 Å². The normalized spacial score (nSPS) is 10.2. The van der Waals surface area contributed by atoms with Crippen LogP contribution in [-0.2, 0) is 4.79 Å². The zero-order chi connectivity index (χ0) is 12.7. The smallest absolute Gasteiger partial charge is 0.224 e. The highest BCUT2D eigenvalue weighted by Gasteiger charge is 2.05. The number of carbonyl (C=O) groups is 1. The minimum atomic E-state index is 0.00938. The van der Waals surface area contributed by atoms with E-state index in [1.165, 1.54) is 12.8 Å². The first-order chi connectivity index (χ1) is 8.13. The van der Waals surface area contributed by atoms with Gasteiger partial charge in [0.25, 0.3) is 0 Å². The average Bonchev–Trinajstić information content (AvgIpc) is 2.28. The maximum Gasteiger partial charge on any atom is 0.224 e. The molecule has 0 unspecified atom stereocenters. The van der Waals surface area contributed by atoms with Gasteiger partial charge in [0.15, 0.2) is 0 Å². The van der Waals surface area contributed by atoms with Crippen molar-refractivity contribution in [3.05, 3.63) is 23.2 Å². The Bertz CT molecular complexity index is 380. The Kier molecular flexibility index (Phi) is 5.84. The molecule has 3 nitrogen and oxygen atoms in total. The Morgan fingerprint density at radius 3 is 2.76 bits per heavy atom. The molecule has 1 aromatic carbocycles. The van der Waals surface area contributed by atoms with Crippen LogP contribution in [-0.4, -0.2) is 5.91 Å². The van der Waals surface area contributed by atoms with Crippen LogP contribution in [0, 0.1) is 0 Å². The van der Waals surface area contributed by atoms with Crippen molar-refractivity contribution in [3.8, 4) is 0 Å². The lowest BCUT2D eigenvalue weighted by Crippen LogP contribution is -2.12. The fraction of sp³-hybridized carbons (Fsp3) is 0.462. The van der Waals surface area contributed by atoms with Crippen molar-refractivity contribution in [1.82, 2.24) is 0 Å². The fourth-order valence-corrected chi connectivity index (χ4v) is 1.75. The molecule has 0 aromatic heterocycles. The third kappa shape index (κ3) is 5.09. The van der Waals surface area contributed by atoms with Crippen molar-refractivity contribution in [2.75, 3.05) is 11.1 Å². The van der Waals surface area contributed by atoms with Crippen LogP contribution in [0.5, 0.6) is 0 Å². The zero-order valence-electron chi connectivity index (χ0n) is 10.1. The number of carbonyl (C=O) groups excluding carboxylic acids is 1. The van der Waals surface area contributed by atoms with E-state index in [0.29, 0.717) is 22.8 Å². The van der Waals surface area contributed by atoms with E-state index in [9.17, 15) is 4.79 Å². The number of hydrogen-bond donors (Lipinski definition) is 2. The molecule has 0 aliphatic rings. The largest absolute Gasteiger partial charge is 0.397 e. The van der Waals surface area contributed by atoms with Crippen molar-refractivity contribution in [1.29, 1.82) is 0 Å². The molecule has 0 bridgehead atoms. The van der Waals surface area contributed by atoms with Crippen LogP contribution in [0.25, 0.3) is 0 Å². The molecule has 94 valence electrons. The van der Waals surface area contributed by atoms with Crippen molar-refractivity contribution in [2.45, 2.75) is 39.0 Å². The first kappa shape index (κ1) is 13.8. The molecule has 0 aliphatic heterocycles. The Labute approximate surface area is 107 Å². The molecule has 0 saturated carbocycles. The van der Waals surface area contributed by atoms with Gasteiger partial charge in [-0.15, -0.1) is 0 Å². The SMILES string of the molecule is CCCCCCC(=O)Nc1ccc(Cl)cc1N. The minimum absolute atomic E-state index is 0.00938. The summed E-state index contributed by atoms with van der Waals surface area (Å²) in [6.45, 7) is 2.15. The summed E-state index contributed by atoms with van der Waals surface area (Å²) < 4.78 is 0. The lowest BCUT2D eigenvalue weighted by atomic mass is 10.1. The molecule has 1 amide bonds. The number of rotatable bonds is 6. The number of nitrogen functional groups attached to an aromatic ring is 1. The van der Waals surface area contributed by atoms with Gasteiger partial charge in [-0.1, -0.05) is 37.8 Å². The standard InChI is InChI=1S/C13H19ClN2O/c1-2-3-4-5-6-13(17)16-12-8-7-10(14)9-11(12)15/h7-9H,2-6,15H2,1H3,(H,16,17). The molecular weight excluding hydrogens is 236 g/mol. The van der Waals surface area contributed by atoms with Crippen LogP contribution < -0.4 is 11.1 Å². The van der Waals surface area contributed by atoms with Gasteiger partial charge in [-0.25, -0.2) is 0 Å². The van der Waals surface area contributed by atoms with E-state index in [0.717, 1.165) is 12.8 Å². The molecule has 17 heavy (non-hydrogen) atoms. The van der Waals surface area contributed by atoms with E-state index in [1.54, 1.807) is 18.2 Å². The van der Waals surface area contributed by atoms with E-state index in [-0.39, 0.29) is 5.91 Å². The van der Waals surface area contributed by atoms with Gasteiger partial charge in [-0.05, 0) is 24.6 Å². The van der Waals surface area contributed by atoms with Crippen LogP contribution >= 0.6 is 11.6 Å². The molecule has 0 aliphatic carbocycles. The molecule has 0 saturated heterocycles. The quantitative estimate of drug-likeness (QED) is 0.599. The predicted molar refractivity (Wildman–Crippen MR) is 73.3 cm³/mol. The van der Waals surface area contributed by atoms with Crippen LogP contribution in [0.1, 0.15) is 39.0 Å². The Morgan fingerprint density at radius 2 is 2.12 bits per heavy atom. The van der Waals surface area contributed by atoms with E-state index in [4.69, 9.17) is 17.3 Å². The molecular formula is C13H19ClN2O. The van der Waals surface area contributed by atoms with Crippen LogP contribution in [0.3, 0.4) is 0 Å². The van der Waals surface area contributed by atoms with Crippen LogP contribution in [0.15, 0.2) is 18.2 Å². The van der Waals surface area contributed by atoms with Crippen molar-refractivity contribution in [2.24, 2.45) is 0 Å². The summed E-state index contributed by atoms with van der Waals surface area (Å²) in [6, 6.07) is 5.07. The molecule has 4 heteroatoms. The third-order valence-electron chi connectivity index (χ3n) is 2.55. The number of benzene rings is 1. The van der Waals surface area contributed by atoms with Gasteiger partial charge in [0.05, 0.1) is 11.4 Å². The lowest BCUT2D eigenvalue weighted by molar-refractivity contribution is -0.116. The summed E-state index contributed by atoms with van der Waals surface area (Å²) >= 11 is 5.78. The Morgan fingerprint density at radius 1 is 1.35 bits per heavy atom. The van der Waals surface area contributed by atoms with Gasteiger partial charge in [0.1, 0.15) is 0 Å². The van der Waals surface area contributed by atoms with Crippen LogP contribution in [0.4, 0.5) is 11.4 Å². The van der Waals surface area contributed by atoms with E-state index < -0.39 is 0 Å². The van der Waals surface area contributed by atoms with Gasteiger partial charge < -0.3 is 11.1 Å². The topological polar surface area (TPSA) is 55.1 Å². The predicted octanol–water partition coefficient (Wildman–Crippen LogP) is 3.83. The number of unbranched alkanes of at least 4 members (excludes halogenated alkanes) is 3. The number of nitrogens with two attached hydrogens (primary N) is 1. The monoisotopic (exact) mass is 254 g/mol. The van der Waals surface area contributed by atoms with Gasteiger partial charge in [-0.2, -0.15) is 0 Å². The molecule has 0 heterocycles. The Hall–Kier alpha value is -1.22. The van der Waals surface area contributed by atoms with E-state index >= 15 is 0 Å². The second-order valence-electron chi connectivity index (χ2n) is 4.09. The number of halogens is 1. The summed E-state index contributed by atoms with van der Waals surface area (Å²) in [6.07, 6.45) is 4.91. The highest BCUT2D eigenvalue weighted by Crippen LogP contribution is 2.22. The number of hydrogen-bond acceptors (Lipinski definition) is 2. The van der Waals surface area contributed by atoms with Gasteiger partial charge in [0, 0.05) is 11.4 Å². The summed E-state index contributed by atoms with van der Waals surface area (Å²) in [5.41, 5.74) is 6.88. The van der Waals surface area contributed by atoms with E-state index in [2.05, 4.69) is 12.2 Å². The van der Waals surface area contributed by atoms with Gasteiger partial charge >= 0.3 is 0 Å². The molecule has 3 N–H and O–H groups in total. The molecule has 1 aromatic rings. The number of anilines is 2. The maximum atomic E-state index is 11.6.